The summed E-state index contributed by atoms with van der Waals surface area (Å²) in [6.07, 6.45) is 4.47. The number of halogens is 2. The van der Waals surface area contributed by atoms with Crippen LogP contribution >= 0.6 is 23.2 Å². The third-order valence-electron chi connectivity index (χ3n) is 2.06. The highest BCUT2D eigenvalue weighted by Crippen LogP contribution is 2.31. The Hall–Kier alpha value is -1.52. The monoisotopic (exact) mass is 270 g/mol. The zero-order chi connectivity index (χ0) is 12.3. The molecule has 2 rings (SSSR count). The van der Waals surface area contributed by atoms with Crippen molar-refractivity contribution in [2.24, 2.45) is 0 Å². The van der Waals surface area contributed by atoms with Crippen molar-refractivity contribution in [1.82, 2.24) is 9.55 Å². The summed E-state index contributed by atoms with van der Waals surface area (Å²) in [4.78, 5) is 15.4. The minimum absolute atomic E-state index is 0.129. The fourth-order valence-electron chi connectivity index (χ4n) is 1.22. The standard InChI is InChI=1S/C11H8Cl2N2O2/c12-8-2-1-3-9(11(8)13)17-6-10(16)15-5-4-14-7-15/h1-5,7H,6H2. The second-order valence-electron chi connectivity index (χ2n) is 3.20. The summed E-state index contributed by atoms with van der Waals surface area (Å²) in [6, 6.07) is 5.00. The molecule has 17 heavy (non-hydrogen) atoms. The first-order chi connectivity index (χ1) is 8.18. The van der Waals surface area contributed by atoms with Crippen LogP contribution in [0.1, 0.15) is 4.79 Å². The largest absolute Gasteiger partial charge is 0.482 e. The lowest BCUT2D eigenvalue weighted by atomic mass is 10.3. The number of carbonyl (C=O) groups excluding carboxylic acids is 1. The molecular weight excluding hydrogens is 263 g/mol. The smallest absolute Gasteiger partial charge is 0.269 e. The summed E-state index contributed by atoms with van der Waals surface area (Å²) < 4.78 is 6.62. The minimum atomic E-state index is -0.237. The van der Waals surface area contributed by atoms with Crippen LogP contribution in [0.2, 0.25) is 10.0 Å². The summed E-state index contributed by atoms with van der Waals surface area (Å²) in [5.74, 6) is 0.145. The zero-order valence-electron chi connectivity index (χ0n) is 8.64. The predicted octanol–water partition coefficient (Wildman–Crippen LogP) is 2.91. The van der Waals surface area contributed by atoms with Crippen molar-refractivity contribution >= 4 is 29.1 Å². The maximum absolute atomic E-state index is 11.6. The quantitative estimate of drug-likeness (QED) is 0.862. The molecule has 0 N–H and O–H groups in total. The Balaban J connectivity index is 2.03. The van der Waals surface area contributed by atoms with E-state index in [4.69, 9.17) is 27.9 Å². The third-order valence-corrected chi connectivity index (χ3v) is 2.86. The molecule has 0 aliphatic heterocycles. The van der Waals surface area contributed by atoms with Crippen LogP contribution in [0, 0.1) is 0 Å². The number of rotatable bonds is 3. The number of carbonyl (C=O) groups is 1. The average molecular weight is 271 g/mol. The lowest BCUT2D eigenvalue weighted by molar-refractivity contribution is 0.0837. The van der Waals surface area contributed by atoms with Crippen molar-refractivity contribution in [1.29, 1.82) is 0 Å². The van der Waals surface area contributed by atoms with Crippen molar-refractivity contribution in [2.75, 3.05) is 6.61 Å². The molecule has 0 aliphatic rings. The second-order valence-corrected chi connectivity index (χ2v) is 3.99. The van der Waals surface area contributed by atoms with E-state index in [1.165, 1.54) is 17.1 Å². The fourth-order valence-corrected chi connectivity index (χ4v) is 1.56. The van der Waals surface area contributed by atoms with Gasteiger partial charge in [-0.15, -0.1) is 0 Å². The van der Waals surface area contributed by atoms with Crippen LogP contribution in [0.4, 0.5) is 0 Å². The SMILES string of the molecule is O=C(COc1cccc(Cl)c1Cl)n1ccnc1. The van der Waals surface area contributed by atoms with Crippen molar-refractivity contribution in [3.05, 3.63) is 47.0 Å². The van der Waals surface area contributed by atoms with Crippen LogP contribution in [0.15, 0.2) is 36.9 Å². The highest BCUT2D eigenvalue weighted by atomic mass is 35.5. The molecule has 1 aromatic heterocycles. The van der Waals surface area contributed by atoms with Crippen molar-refractivity contribution in [3.63, 3.8) is 0 Å². The minimum Gasteiger partial charge on any atom is -0.482 e. The summed E-state index contributed by atoms with van der Waals surface area (Å²) >= 11 is 11.7. The van der Waals surface area contributed by atoms with E-state index in [1.807, 2.05) is 0 Å². The van der Waals surface area contributed by atoms with E-state index >= 15 is 0 Å². The molecule has 0 saturated carbocycles. The topological polar surface area (TPSA) is 44.1 Å². The van der Waals surface area contributed by atoms with Crippen LogP contribution in [-0.4, -0.2) is 22.1 Å². The Morgan fingerprint density at radius 2 is 2.24 bits per heavy atom. The number of ether oxygens (including phenoxy) is 1. The van der Waals surface area contributed by atoms with Gasteiger partial charge in [0.05, 0.1) is 5.02 Å². The normalized spacial score (nSPS) is 10.2. The van der Waals surface area contributed by atoms with E-state index in [2.05, 4.69) is 4.98 Å². The first kappa shape index (κ1) is 12.0. The molecule has 0 atom stereocenters. The van der Waals surface area contributed by atoms with E-state index in [9.17, 15) is 4.79 Å². The Bertz CT molecular complexity index is 526. The molecule has 4 nitrogen and oxygen atoms in total. The maximum Gasteiger partial charge on any atom is 0.269 e. The molecule has 0 fully saturated rings. The molecule has 0 bridgehead atoms. The predicted molar refractivity (Wildman–Crippen MR) is 64.8 cm³/mol. The molecule has 0 saturated heterocycles. The molecule has 0 radical (unpaired) electrons. The van der Waals surface area contributed by atoms with Crippen LogP contribution in [0.25, 0.3) is 0 Å². The van der Waals surface area contributed by atoms with Gasteiger partial charge in [-0.1, -0.05) is 29.3 Å². The number of imidazole rings is 1. The summed E-state index contributed by atoms with van der Waals surface area (Å²) in [7, 11) is 0. The van der Waals surface area contributed by atoms with Gasteiger partial charge >= 0.3 is 0 Å². The lowest BCUT2D eigenvalue weighted by Crippen LogP contribution is -2.17. The summed E-state index contributed by atoms with van der Waals surface area (Å²) in [6.45, 7) is -0.129. The van der Waals surface area contributed by atoms with Gasteiger partial charge in [0.1, 0.15) is 17.1 Å². The zero-order valence-corrected chi connectivity index (χ0v) is 10.1. The van der Waals surface area contributed by atoms with Gasteiger partial charge in [-0.3, -0.25) is 9.36 Å². The first-order valence-electron chi connectivity index (χ1n) is 4.76. The molecule has 2 aromatic rings. The van der Waals surface area contributed by atoms with Crippen molar-refractivity contribution in [3.8, 4) is 5.75 Å². The Labute approximate surface area is 108 Å². The van der Waals surface area contributed by atoms with Gasteiger partial charge in [-0.25, -0.2) is 4.98 Å². The molecule has 0 spiro atoms. The molecule has 1 heterocycles. The Morgan fingerprint density at radius 1 is 1.41 bits per heavy atom. The van der Waals surface area contributed by atoms with Gasteiger partial charge < -0.3 is 4.74 Å². The Kier molecular flexibility index (Phi) is 3.66. The summed E-state index contributed by atoms with van der Waals surface area (Å²) in [5, 5.41) is 0.687. The van der Waals surface area contributed by atoms with E-state index in [0.29, 0.717) is 15.8 Å². The van der Waals surface area contributed by atoms with E-state index in [1.54, 1.807) is 24.4 Å². The van der Waals surface area contributed by atoms with Gasteiger partial charge in [0.2, 0.25) is 0 Å². The number of hydrogen-bond donors (Lipinski definition) is 0. The number of nitrogens with zero attached hydrogens (tertiary/aromatic N) is 2. The molecule has 0 aliphatic carbocycles. The fraction of sp³-hybridized carbons (Fsp3) is 0.0909. The molecule has 0 amide bonds. The molecule has 6 heteroatoms. The third kappa shape index (κ3) is 2.78. The van der Waals surface area contributed by atoms with E-state index in [-0.39, 0.29) is 12.5 Å². The number of benzene rings is 1. The Morgan fingerprint density at radius 3 is 2.94 bits per heavy atom. The van der Waals surface area contributed by atoms with Gasteiger partial charge in [0.25, 0.3) is 5.91 Å². The maximum atomic E-state index is 11.6. The van der Waals surface area contributed by atoms with E-state index in [0.717, 1.165) is 0 Å². The highest BCUT2D eigenvalue weighted by molar-refractivity contribution is 6.42. The van der Waals surface area contributed by atoms with Gasteiger partial charge in [0.15, 0.2) is 6.61 Å². The number of aromatic nitrogens is 2. The van der Waals surface area contributed by atoms with Crippen LogP contribution in [-0.2, 0) is 0 Å². The van der Waals surface area contributed by atoms with Crippen molar-refractivity contribution < 1.29 is 9.53 Å². The molecular formula is C11H8Cl2N2O2. The molecule has 88 valence electrons. The highest BCUT2D eigenvalue weighted by Gasteiger charge is 2.09. The molecule has 0 unspecified atom stereocenters. The average Bonchev–Trinajstić information content (AvgIpc) is 2.84. The number of hydrogen-bond acceptors (Lipinski definition) is 3. The lowest BCUT2D eigenvalue weighted by Gasteiger charge is -2.08. The van der Waals surface area contributed by atoms with Crippen LogP contribution < -0.4 is 4.74 Å². The van der Waals surface area contributed by atoms with Crippen molar-refractivity contribution in [2.45, 2.75) is 0 Å². The van der Waals surface area contributed by atoms with Crippen LogP contribution in [0.3, 0.4) is 0 Å². The first-order valence-corrected chi connectivity index (χ1v) is 5.52. The van der Waals surface area contributed by atoms with Crippen LogP contribution in [0.5, 0.6) is 5.75 Å². The van der Waals surface area contributed by atoms with E-state index < -0.39 is 0 Å². The molecule has 1 aromatic carbocycles. The summed E-state index contributed by atoms with van der Waals surface area (Å²) in [5.41, 5.74) is 0. The second kappa shape index (κ2) is 5.21. The van der Waals surface area contributed by atoms with Gasteiger partial charge in [-0.05, 0) is 12.1 Å². The van der Waals surface area contributed by atoms with Gasteiger partial charge in [0, 0.05) is 12.4 Å². The van der Waals surface area contributed by atoms with Gasteiger partial charge in [-0.2, -0.15) is 0 Å².